The first-order valence-corrected chi connectivity index (χ1v) is 12.9. The molecule has 3 aromatic rings. The molecule has 2 aliphatic rings. The van der Waals surface area contributed by atoms with Gasteiger partial charge < -0.3 is 10.6 Å². The van der Waals surface area contributed by atoms with Crippen molar-refractivity contribution in [3.8, 4) is 0 Å². The minimum absolute atomic E-state index is 0.00628. The predicted molar refractivity (Wildman–Crippen MR) is 143 cm³/mol. The number of halogens is 1. The van der Waals surface area contributed by atoms with Gasteiger partial charge in [-0.05, 0) is 79.4 Å². The number of nitrogens with one attached hydrogen (secondary N) is 3. The van der Waals surface area contributed by atoms with E-state index in [4.69, 9.17) is 0 Å². The van der Waals surface area contributed by atoms with Crippen molar-refractivity contribution in [2.75, 3.05) is 18.1 Å². The zero-order chi connectivity index (χ0) is 25.1. The van der Waals surface area contributed by atoms with Gasteiger partial charge in [0.1, 0.15) is 5.82 Å². The van der Waals surface area contributed by atoms with E-state index in [1.54, 1.807) is 12.1 Å². The van der Waals surface area contributed by atoms with Crippen LogP contribution in [0.25, 0.3) is 0 Å². The Bertz CT molecular complexity index is 1190. The van der Waals surface area contributed by atoms with Gasteiger partial charge in [-0.15, -0.1) is 0 Å². The summed E-state index contributed by atoms with van der Waals surface area (Å²) in [6.07, 6.45) is 2.71. The molecular formula is C30H35FN4O. The third-order valence-electron chi connectivity index (χ3n) is 7.67. The first kappa shape index (κ1) is 24.5. The van der Waals surface area contributed by atoms with Crippen molar-refractivity contribution >= 4 is 17.3 Å². The molecule has 0 aromatic heterocycles. The topological polar surface area (TPSA) is 56.4 Å². The number of carbonyl (C=O) groups excluding carboxylic acids is 1. The molecule has 2 heterocycles. The highest BCUT2D eigenvalue weighted by molar-refractivity contribution is 5.83. The van der Waals surface area contributed by atoms with Crippen molar-refractivity contribution in [2.45, 2.75) is 51.6 Å². The van der Waals surface area contributed by atoms with Crippen LogP contribution in [0.3, 0.4) is 0 Å². The largest absolute Gasteiger partial charge is 0.353 e. The molecule has 5 rings (SSSR count). The third-order valence-corrected chi connectivity index (χ3v) is 7.67. The second-order valence-electron chi connectivity index (χ2n) is 10.5. The van der Waals surface area contributed by atoms with E-state index in [0.29, 0.717) is 6.54 Å². The number of hydrogen-bond acceptors (Lipinski definition) is 4. The molecule has 1 saturated heterocycles. The average Bonchev–Trinajstić information content (AvgIpc) is 3.32. The molecule has 36 heavy (non-hydrogen) atoms. The first-order chi connectivity index (χ1) is 17.4. The second kappa shape index (κ2) is 10.4. The number of hydrazine groups is 1. The number of fused-ring (bicyclic) bond motifs is 1. The van der Waals surface area contributed by atoms with Gasteiger partial charge >= 0.3 is 0 Å². The Morgan fingerprint density at radius 3 is 2.50 bits per heavy atom. The standard InChI is InChI=1S/C30H35FN4O/c1-30(2,29(36)34-25-14-16-32-17-15-25)27(18-21-6-4-3-5-7-21)22-8-13-28-23(19-22)20-33-35(28)26-11-9-24(31)10-12-26/h3-13,19,25,27,32-33H,14-18,20H2,1-2H3,(H,34,36). The Labute approximate surface area is 213 Å². The minimum atomic E-state index is -0.600. The number of anilines is 2. The molecule has 0 saturated carbocycles. The number of piperidine rings is 1. The van der Waals surface area contributed by atoms with E-state index >= 15 is 0 Å². The van der Waals surface area contributed by atoms with E-state index in [1.165, 1.54) is 23.3 Å². The SMILES string of the molecule is CC(C)(C(=O)NC1CCNCC1)C(Cc1ccccc1)c1ccc2c(c1)CNN2c1ccc(F)cc1. The van der Waals surface area contributed by atoms with Gasteiger partial charge in [-0.2, -0.15) is 0 Å². The summed E-state index contributed by atoms with van der Waals surface area (Å²) in [4.78, 5) is 13.7. The summed E-state index contributed by atoms with van der Waals surface area (Å²) >= 11 is 0. The number of hydrogen-bond donors (Lipinski definition) is 3. The van der Waals surface area contributed by atoms with Crippen LogP contribution in [-0.4, -0.2) is 25.0 Å². The number of amides is 1. The van der Waals surface area contributed by atoms with E-state index < -0.39 is 5.41 Å². The van der Waals surface area contributed by atoms with E-state index in [9.17, 15) is 9.18 Å². The van der Waals surface area contributed by atoms with Gasteiger partial charge in [0.2, 0.25) is 5.91 Å². The zero-order valence-electron chi connectivity index (χ0n) is 21.1. The van der Waals surface area contributed by atoms with Gasteiger partial charge in [0.05, 0.1) is 16.8 Å². The van der Waals surface area contributed by atoms with Crippen molar-refractivity contribution in [2.24, 2.45) is 5.41 Å². The molecule has 0 radical (unpaired) electrons. The number of rotatable bonds is 7. The van der Waals surface area contributed by atoms with Gasteiger partial charge in [0.15, 0.2) is 0 Å². The van der Waals surface area contributed by atoms with E-state index in [2.05, 4.69) is 72.4 Å². The molecule has 0 aliphatic carbocycles. The number of carbonyl (C=O) groups is 1. The fourth-order valence-corrected chi connectivity index (χ4v) is 5.39. The lowest BCUT2D eigenvalue weighted by atomic mass is 9.71. The lowest BCUT2D eigenvalue weighted by Gasteiger charge is -2.36. The zero-order valence-corrected chi connectivity index (χ0v) is 21.1. The smallest absolute Gasteiger partial charge is 0.226 e. The van der Waals surface area contributed by atoms with Crippen LogP contribution >= 0.6 is 0 Å². The normalized spacial score (nSPS) is 17.0. The summed E-state index contributed by atoms with van der Waals surface area (Å²) in [5, 5.41) is 8.72. The molecule has 3 N–H and O–H groups in total. The molecule has 6 heteroatoms. The maximum absolute atomic E-state index is 13.7. The summed E-state index contributed by atoms with van der Waals surface area (Å²) in [7, 11) is 0. The van der Waals surface area contributed by atoms with E-state index in [1.807, 2.05) is 11.1 Å². The first-order valence-electron chi connectivity index (χ1n) is 12.9. The summed E-state index contributed by atoms with van der Waals surface area (Å²) < 4.78 is 13.4. The summed E-state index contributed by atoms with van der Waals surface area (Å²) in [6, 6.07) is 23.6. The molecule has 188 valence electrons. The van der Waals surface area contributed by atoms with Crippen LogP contribution in [0.15, 0.2) is 72.8 Å². The maximum Gasteiger partial charge on any atom is 0.226 e. The van der Waals surface area contributed by atoms with Crippen LogP contribution < -0.4 is 21.1 Å². The molecule has 1 fully saturated rings. The lowest BCUT2D eigenvalue weighted by molar-refractivity contribution is -0.131. The Hall–Kier alpha value is -3.22. The minimum Gasteiger partial charge on any atom is -0.353 e. The molecule has 0 spiro atoms. The van der Waals surface area contributed by atoms with Crippen molar-refractivity contribution in [3.05, 3.63) is 95.3 Å². The quantitative estimate of drug-likeness (QED) is 0.430. The second-order valence-corrected chi connectivity index (χ2v) is 10.5. The van der Waals surface area contributed by atoms with Gasteiger partial charge in [-0.3, -0.25) is 9.80 Å². The molecule has 2 aliphatic heterocycles. The third kappa shape index (κ3) is 5.15. The van der Waals surface area contributed by atoms with Crippen molar-refractivity contribution in [1.29, 1.82) is 0 Å². The Morgan fingerprint density at radius 1 is 1.06 bits per heavy atom. The fraction of sp³-hybridized carbons (Fsp3) is 0.367. The lowest BCUT2D eigenvalue weighted by Crippen LogP contribution is -2.49. The Balaban J connectivity index is 1.44. The number of nitrogens with zero attached hydrogens (tertiary/aromatic N) is 1. The van der Waals surface area contributed by atoms with E-state index in [0.717, 1.165) is 49.3 Å². The van der Waals surface area contributed by atoms with Crippen molar-refractivity contribution in [1.82, 2.24) is 16.1 Å². The molecule has 1 amide bonds. The fourth-order valence-electron chi connectivity index (χ4n) is 5.39. The highest BCUT2D eigenvalue weighted by Gasteiger charge is 2.39. The highest BCUT2D eigenvalue weighted by atomic mass is 19.1. The van der Waals surface area contributed by atoms with Gasteiger partial charge in [0, 0.05) is 18.5 Å². The predicted octanol–water partition coefficient (Wildman–Crippen LogP) is 5.20. The molecule has 3 aromatic carbocycles. The summed E-state index contributed by atoms with van der Waals surface area (Å²) in [6.45, 7) is 6.73. The maximum atomic E-state index is 13.7. The molecule has 0 bridgehead atoms. The monoisotopic (exact) mass is 486 g/mol. The van der Waals surface area contributed by atoms with Crippen LogP contribution in [-0.2, 0) is 17.8 Å². The number of benzene rings is 3. The van der Waals surface area contributed by atoms with Gasteiger partial charge in [0.25, 0.3) is 0 Å². The summed E-state index contributed by atoms with van der Waals surface area (Å²) in [5.74, 6) is -0.129. The van der Waals surface area contributed by atoms with Crippen molar-refractivity contribution in [3.63, 3.8) is 0 Å². The summed E-state index contributed by atoms with van der Waals surface area (Å²) in [5.41, 5.74) is 8.31. The van der Waals surface area contributed by atoms with Crippen LogP contribution in [0.4, 0.5) is 15.8 Å². The average molecular weight is 487 g/mol. The molecule has 5 nitrogen and oxygen atoms in total. The van der Waals surface area contributed by atoms with Crippen LogP contribution in [0, 0.1) is 11.2 Å². The van der Waals surface area contributed by atoms with Crippen LogP contribution in [0.1, 0.15) is 49.3 Å². The van der Waals surface area contributed by atoms with Crippen LogP contribution in [0.5, 0.6) is 0 Å². The van der Waals surface area contributed by atoms with E-state index in [-0.39, 0.29) is 23.7 Å². The van der Waals surface area contributed by atoms with Gasteiger partial charge in [-0.1, -0.05) is 56.3 Å². The van der Waals surface area contributed by atoms with Crippen molar-refractivity contribution < 1.29 is 9.18 Å². The Kier molecular flexibility index (Phi) is 7.08. The van der Waals surface area contributed by atoms with Crippen LogP contribution in [0.2, 0.25) is 0 Å². The molecular weight excluding hydrogens is 451 g/mol. The van der Waals surface area contributed by atoms with Gasteiger partial charge in [-0.25, -0.2) is 9.82 Å². The molecule has 1 atom stereocenters. The Morgan fingerprint density at radius 2 is 1.78 bits per heavy atom. The molecule has 1 unspecified atom stereocenters. The highest BCUT2D eigenvalue weighted by Crippen LogP contribution is 2.42.